The van der Waals surface area contributed by atoms with Gasteiger partial charge in [-0.15, -0.1) is 0 Å². The summed E-state index contributed by atoms with van der Waals surface area (Å²) in [5.74, 6) is 0.722. The van der Waals surface area contributed by atoms with Crippen LogP contribution in [0, 0.1) is 0 Å². The van der Waals surface area contributed by atoms with E-state index in [1.165, 1.54) is 0 Å². The van der Waals surface area contributed by atoms with Crippen LogP contribution >= 0.6 is 0 Å². The van der Waals surface area contributed by atoms with E-state index in [9.17, 15) is 4.79 Å². The zero-order valence-corrected chi connectivity index (χ0v) is 11.2. The molecule has 0 aliphatic carbocycles. The molecule has 0 bridgehead atoms. The van der Waals surface area contributed by atoms with Gasteiger partial charge in [-0.2, -0.15) is 0 Å². The number of guanidine groups is 1. The van der Waals surface area contributed by atoms with Crippen molar-refractivity contribution in [2.45, 2.75) is 26.3 Å². The van der Waals surface area contributed by atoms with Crippen LogP contribution < -0.4 is 16.0 Å². The largest absolute Gasteiger partial charge is 0.383 e. The molecule has 0 radical (unpaired) electrons. The van der Waals surface area contributed by atoms with Crippen LogP contribution in [0.2, 0.25) is 0 Å². The van der Waals surface area contributed by atoms with E-state index in [-0.39, 0.29) is 11.9 Å². The molecule has 0 aromatic carbocycles. The van der Waals surface area contributed by atoms with Crippen LogP contribution in [0.15, 0.2) is 4.99 Å². The van der Waals surface area contributed by atoms with Crippen molar-refractivity contribution in [3.8, 4) is 0 Å². The van der Waals surface area contributed by atoms with Gasteiger partial charge in [0.05, 0.1) is 6.61 Å². The van der Waals surface area contributed by atoms with Gasteiger partial charge < -0.3 is 20.7 Å². The first kappa shape index (κ1) is 15.7. The van der Waals surface area contributed by atoms with Crippen molar-refractivity contribution >= 4 is 11.9 Å². The monoisotopic (exact) mass is 244 g/mol. The maximum atomic E-state index is 11.4. The molecule has 100 valence electrons. The lowest BCUT2D eigenvalue weighted by Crippen LogP contribution is -2.41. The van der Waals surface area contributed by atoms with Crippen LogP contribution in [0.25, 0.3) is 0 Å². The van der Waals surface area contributed by atoms with Crippen LogP contribution in [0.1, 0.15) is 20.3 Å². The standard InChI is InChI=1S/C11H24N4O2/c1-9(2)15-10(16)5-6-13-11(12-3)14-7-8-17-4/h9H,5-8H2,1-4H3,(H,15,16)(H2,12,13,14). The highest BCUT2D eigenvalue weighted by molar-refractivity contribution is 5.81. The third-order valence-corrected chi connectivity index (χ3v) is 1.92. The normalized spacial score (nSPS) is 11.5. The molecule has 0 spiro atoms. The van der Waals surface area contributed by atoms with Crippen molar-refractivity contribution in [3.05, 3.63) is 0 Å². The van der Waals surface area contributed by atoms with Crippen molar-refractivity contribution < 1.29 is 9.53 Å². The predicted molar refractivity (Wildman–Crippen MR) is 69.1 cm³/mol. The van der Waals surface area contributed by atoms with Gasteiger partial charge in [-0.1, -0.05) is 0 Å². The van der Waals surface area contributed by atoms with Gasteiger partial charge in [-0.05, 0) is 13.8 Å². The van der Waals surface area contributed by atoms with E-state index in [1.54, 1.807) is 14.2 Å². The molecule has 0 aromatic rings. The van der Waals surface area contributed by atoms with Crippen LogP contribution in [0.4, 0.5) is 0 Å². The fourth-order valence-corrected chi connectivity index (χ4v) is 1.18. The predicted octanol–water partition coefficient (Wildman–Crippen LogP) is -0.287. The average Bonchev–Trinajstić information content (AvgIpc) is 2.26. The van der Waals surface area contributed by atoms with Gasteiger partial charge in [0.2, 0.25) is 5.91 Å². The fourth-order valence-electron chi connectivity index (χ4n) is 1.18. The smallest absolute Gasteiger partial charge is 0.221 e. The second kappa shape index (κ2) is 9.89. The zero-order chi connectivity index (χ0) is 13.1. The SMILES string of the molecule is CN=C(NCCOC)NCCC(=O)NC(C)C. The summed E-state index contributed by atoms with van der Waals surface area (Å²) in [4.78, 5) is 15.4. The summed E-state index contributed by atoms with van der Waals surface area (Å²) < 4.78 is 4.91. The van der Waals surface area contributed by atoms with Crippen molar-refractivity contribution in [1.29, 1.82) is 0 Å². The van der Waals surface area contributed by atoms with Crippen molar-refractivity contribution in [3.63, 3.8) is 0 Å². The Morgan fingerprint density at radius 3 is 2.47 bits per heavy atom. The van der Waals surface area contributed by atoms with Crippen molar-refractivity contribution in [2.75, 3.05) is 33.9 Å². The number of amides is 1. The first-order valence-corrected chi connectivity index (χ1v) is 5.83. The lowest BCUT2D eigenvalue weighted by Gasteiger charge is -2.12. The summed E-state index contributed by atoms with van der Waals surface area (Å²) in [6.07, 6.45) is 0.434. The second-order valence-electron chi connectivity index (χ2n) is 3.89. The first-order chi connectivity index (χ1) is 8.10. The van der Waals surface area contributed by atoms with Gasteiger partial charge >= 0.3 is 0 Å². The zero-order valence-electron chi connectivity index (χ0n) is 11.2. The number of hydrogen-bond acceptors (Lipinski definition) is 3. The molecule has 0 aliphatic heterocycles. The summed E-state index contributed by atoms with van der Waals surface area (Å²) in [5, 5.41) is 8.95. The first-order valence-electron chi connectivity index (χ1n) is 5.83. The molecular formula is C11H24N4O2. The number of methoxy groups -OCH3 is 1. The lowest BCUT2D eigenvalue weighted by molar-refractivity contribution is -0.121. The second-order valence-corrected chi connectivity index (χ2v) is 3.89. The summed E-state index contributed by atoms with van der Waals surface area (Å²) in [7, 11) is 3.34. The number of rotatable bonds is 7. The van der Waals surface area contributed by atoms with Gasteiger partial charge in [0.1, 0.15) is 0 Å². The Morgan fingerprint density at radius 1 is 1.29 bits per heavy atom. The van der Waals surface area contributed by atoms with Crippen molar-refractivity contribution in [1.82, 2.24) is 16.0 Å². The van der Waals surface area contributed by atoms with Crippen LogP contribution in [-0.2, 0) is 9.53 Å². The number of aliphatic imine (C=N–C) groups is 1. The maximum Gasteiger partial charge on any atom is 0.221 e. The molecule has 0 fully saturated rings. The molecule has 0 aromatic heterocycles. The van der Waals surface area contributed by atoms with Crippen LogP contribution in [-0.4, -0.2) is 51.8 Å². The highest BCUT2D eigenvalue weighted by Gasteiger charge is 2.03. The number of carbonyl (C=O) groups is 1. The molecule has 0 aliphatic rings. The summed E-state index contributed by atoms with van der Waals surface area (Å²) in [6, 6.07) is 0.182. The lowest BCUT2D eigenvalue weighted by atomic mass is 10.3. The Balaban J connectivity index is 3.66. The van der Waals surface area contributed by atoms with E-state index in [4.69, 9.17) is 4.74 Å². The molecule has 6 heteroatoms. The van der Waals surface area contributed by atoms with E-state index in [0.29, 0.717) is 32.1 Å². The molecule has 3 N–H and O–H groups in total. The van der Waals surface area contributed by atoms with Gasteiger partial charge in [0.25, 0.3) is 0 Å². The van der Waals surface area contributed by atoms with Gasteiger partial charge in [0.15, 0.2) is 5.96 Å². The molecule has 0 saturated heterocycles. The number of nitrogens with one attached hydrogen (secondary N) is 3. The Labute approximate surface area is 103 Å². The van der Waals surface area contributed by atoms with Crippen LogP contribution in [0.3, 0.4) is 0 Å². The van der Waals surface area contributed by atoms with Gasteiger partial charge in [0, 0.05) is 39.7 Å². The Kier molecular flexibility index (Phi) is 9.14. The number of ether oxygens (including phenoxy) is 1. The minimum absolute atomic E-state index is 0.0415. The Bertz CT molecular complexity index is 242. The van der Waals surface area contributed by atoms with E-state index < -0.39 is 0 Å². The summed E-state index contributed by atoms with van der Waals surface area (Å²) in [5.41, 5.74) is 0. The summed E-state index contributed by atoms with van der Waals surface area (Å²) >= 11 is 0. The third kappa shape index (κ3) is 9.62. The molecule has 0 rings (SSSR count). The van der Waals surface area contributed by atoms with E-state index >= 15 is 0 Å². The molecule has 1 amide bonds. The van der Waals surface area contributed by atoms with E-state index in [1.807, 2.05) is 13.8 Å². The highest BCUT2D eigenvalue weighted by atomic mass is 16.5. The highest BCUT2D eigenvalue weighted by Crippen LogP contribution is 1.82. The Morgan fingerprint density at radius 2 is 1.94 bits per heavy atom. The van der Waals surface area contributed by atoms with Crippen molar-refractivity contribution in [2.24, 2.45) is 4.99 Å². The van der Waals surface area contributed by atoms with Gasteiger partial charge in [-0.25, -0.2) is 0 Å². The fraction of sp³-hybridized carbons (Fsp3) is 0.818. The topological polar surface area (TPSA) is 74.8 Å². The molecular weight excluding hydrogens is 220 g/mol. The quantitative estimate of drug-likeness (QED) is 0.327. The molecule has 0 saturated carbocycles. The van der Waals surface area contributed by atoms with E-state index in [0.717, 1.165) is 0 Å². The molecule has 0 unspecified atom stereocenters. The minimum atomic E-state index is 0.0415. The minimum Gasteiger partial charge on any atom is -0.383 e. The number of carbonyl (C=O) groups excluding carboxylic acids is 1. The molecule has 0 heterocycles. The number of hydrogen-bond donors (Lipinski definition) is 3. The maximum absolute atomic E-state index is 11.4. The van der Waals surface area contributed by atoms with Crippen LogP contribution in [0.5, 0.6) is 0 Å². The molecule has 0 atom stereocenters. The van der Waals surface area contributed by atoms with Gasteiger partial charge in [-0.3, -0.25) is 9.79 Å². The number of nitrogens with zero attached hydrogens (tertiary/aromatic N) is 1. The van der Waals surface area contributed by atoms with E-state index in [2.05, 4.69) is 20.9 Å². The average molecular weight is 244 g/mol. The summed E-state index contributed by atoms with van der Waals surface area (Å²) in [6.45, 7) is 5.75. The third-order valence-electron chi connectivity index (χ3n) is 1.92. The molecule has 17 heavy (non-hydrogen) atoms. The molecule has 6 nitrogen and oxygen atoms in total. The Hall–Kier alpha value is -1.30.